The van der Waals surface area contributed by atoms with Crippen LogP contribution in [0.4, 0.5) is 0 Å². The quantitative estimate of drug-likeness (QED) is 0.747. The van der Waals surface area contributed by atoms with Crippen molar-refractivity contribution in [2.24, 2.45) is 0 Å². The Hall–Kier alpha value is -1.30. The number of H-pyrrole nitrogens is 1. The summed E-state index contributed by atoms with van der Waals surface area (Å²) in [5, 5.41) is 2.46. The summed E-state index contributed by atoms with van der Waals surface area (Å²) in [7, 11) is 0. The first-order valence-corrected chi connectivity index (χ1v) is 7.84. The fourth-order valence-corrected chi connectivity index (χ4v) is 3.21. The fourth-order valence-electron chi connectivity index (χ4n) is 2.20. The minimum absolute atomic E-state index is 0.0607. The van der Waals surface area contributed by atoms with Gasteiger partial charge in [-0.3, -0.25) is 4.79 Å². The van der Waals surface area contributed by atoms with Gasteiger partial charge >= 0.3 is 4.87 Å². The first-order chi connectivity index (χ1) is 9.69. The number of halogens is 2. The third kappa shape index (κ3) is 2.49. The summed E-state index contributed by atoms with van der Waals surface area (Å²) >= 11 is 13.3. The second kappa shape index (κ2) is 5.60. The molecule has 0 aliphatic heterocycles. The molecule has 0 aliphatic carbocycles. The Labute approximate surface area is 129 Å². The smallest absolute Gasteiger partial charge is 0.304 e. The number of rotatable bonds is 4. The molecule has 1 aromatic carbocycles. The molecule has 2 aromatic heterocycles. The number of thiazole rings is 1. The Kier molecular flexibility index (Phi) is 3.83. The van der Waals surface area contributed by atoms with Crippen molar-refractivity contribution in [1.29, 1.82) is 0 Å². The zero-order valence-electron chi connectivity index (χ0n) is 10.4. The average Bonchev–Trinajstić information content (AvgIpc) is 2.96. The van der Waals surface area contributed by atoms with E-state index >= 15 is 0 Å². The molecule has 3 aromatic rings. The number of imidazole rings is 1. The van der Waals surface area contributed by atoms with Gasteiger partial charge in [0, 0.05) is 23.4 Å². The Balaban J connectivity index is 2.15. The third-order valence-electron chi connectivity index (χ3n) is 3.01. The van der Waals surface area contributed by atoms with Gasteiger partial charge in [0.15, 0.2) is 0 Å². The van der Waals surface area contributed by atoms with Gasteiger partial charge in [-0.1, -0.05) is 29.0 Å². The SMILES string of the molecule is O=c1[nH]c(Cn2c(CCCl)nc3cccc(Cl)c32)cs1. The molecule has 0 saturated heterocycles. The Morgan fingerprint density at radius 3 is 2.95 bits per heavy atom. The van der Waals surface area contributed by atoms with E-state index in [0.29, 0.717) is 23.9 Å². The van der Waals surface area contributed by atoms with Crippen molar-refractivity contribution in [3.05, 3.63) is 49.8 Å². The monoisotopic (exact) mass is 327 g/mol. The predicted octanol–water partition coefficient (Wildman–Crippen LogP) is 3.27. The number of nitrogens with one attached hydrogen (secondary N) is 1. The van der Waals surface area contributed by atoms with Crippen LogP contribution in [0, 0.1) is 0 Å². The van der Waals surface area contributed by atoms with Crippen molar-refractivity contribution in [2.75, 3.05) is 5.88 Å². The molecule has 1 N–H and O–H groups in total. The normalized spacial score (nSPS) is 11.3. The summed E-state index contributed by atoms with van der Waals surface area (Å²) in [5.74, 6) is 1.36. The van der Waals surface area contributed by atoms with E-state index in [4.69, 9.17) is 23.2 Å². The molecule has 104 valence electrons. The first kappa shape index (κ1) is 13.7. The van der Waals surface area contributed by atoms with E-state index in [1.807, 2.05) is 28.1 Å². The molecule has 0 atom stereocenters. The maximum Gasteiger partial charge on any atom is 0.304 e. The molecule has 0 aliphatic rings. The maximum absolute atomic E-state index is 11.3. The summed E-state index contributed by atoms with van der Waals surface area (Å²) in [6.07, 6.45) is 0.654. The highest BCUT2D eigenvalue weighted by Crippen LogP contribution is 2.25. The average molecular weight is 328 g/mol. The number of aryl methyl sites for hydroxylation is 1. The largest absolute Gasteiger partial charge is 0.321 e. The van der Waals surface area contributed by atoms with E-state index in [1.54, 1.807) is 0 Å². The highest BCUT2D eigenvalue weighted by Gasteiger charge is 2.14. The van der Waals surface area contributed by atoms with E-state index in [0.717, 1.165) is 33.9 Å². The lowest BCUT2D eigenvalue weighted by molar-refractivity contribution is 0.740. The number of hydrogen-bond donors (Lipinski definition) is 1. The van der Waals surface area contributed by atoms with Crippen LogP contribution in [0.5, 0.6) is 0 Å². The first-order valence-electron chi connectivity index (χ1n) is 6.05. The van der Waals surface area contributed by atoms with E-state index in [1.165, 1.54) is 0 Å². The summed E-state index contributed by atoms with van der Waals surface area (Å²) < 4.78 is 2.01. The number of benzene rings is 1. The number of alkyl halides is 1. The molecule has 7 heteroatoms. The Bertz CT molecular complexity index is 805. The van der Waals surface area contributed by atoms with Crippen molar-refractivity contribution in [2.45, 2.75) is 13.0 Å². The second-order valence-electron chi connectivity index (χ2n) is 4.33. The van der Waals surface area contributed by atoms with Crippen LogP contribution in [0.25, 0.3) is 11.0 Å². The van der Waals surface area contributed by atoms with E-state index in [9.17, 15) is 4.79 Å². The van der Waals surface area contributed by atoms with Crippen LogP contribution in [0.3, 0.4) is 0 Å². The van der Waals surface area contributed by atoms with Gasteiger partial charge in [0.2, 0.25) is 0 Å². The lowest BCUT2D eigenvalue weighted by Crippen LogP contribution is -2.08. The second-order valence-corrected chi connectivity index (χ2v) is 5.96. The molecule has 2 heterocycles. The third-order valence-corrected chi connectivity index (χ3v) is 4.23. The molecular formula is C13H11Cl2N3OS. The van der Waals surface area contributed by atoms with Crippen LogP contribution < -0.4 is 4.87 Å². The molecule has 4 nitrogen and oxygen atoms in total. The minimum Gasteiger partial charge on any atom is -0.321 e. The van der Waals surface area contributed by atoms with Gasteiger partial charge in [-0.05, 0) is 12.1 Å². The topological polar surface area (TPSA) is 50.7 Å². The van der Waals surface area contributed by atoms with Crippen LogP contribution in [-0.4, -0.2) is 20.4 Å². The van der Waals surface area contributed by atoms with Crippen molar-refractivity contribution in [1.82, 2.24) is 14.5 Å². The van der Waals surface area contributed by atoms with E-state index in [2.05, 4.69) is 9.97 Å². The molecule has 0 unspecified atom stereocenters. The Morgan fingerprint density at radius 1 is 1.40 bits per heavy atom. The van der Waals surface area contributed by atoms with Gasteiger partial charge in [0.1, 0.15) is 5.82 Å². The van der Waals surface area contributed by atoms with Crippen LogP contribution in [0.15, 0.2) is 28.4 Å². The zero-order chi connectivity index (χ0) is 14.1. The lowest BCUT2D eigenvalue weighted by atomic mass is 10.3. The summed E-state index contributed by atoms with van der Waals surface area (Å²) in [4.78, 5) is 18.6. The number of aromatic amines is 1. The highest BCUT2D eigenvalue weighted by molar-refractivity contribution is 7.07. The number of para-hydroxylation sites is 1. The van der Waals surface area contributed by atoms with Crippen molar-refractivity contribution < 1.29 is 0 Å². The van der Waals surface area contributed by atoms with Crippen molar-refractivity contribution in [3.63, 3.8) is 0 Å². The molecule has 0 spiro atoms. The van der Waals surface area contributed by atoms with Crippen molar-refractivity contribution in [3.8, 4) is 0 Å². The van der Waals surface area contributed by atoms with Gasteiger partial charge in [-0.2, -0.15) is 0 Å². The van der Waals surface area contributed by atoms with Crippen LogP contribution in [0.2, 0.25) is 5.02 Å². The van der Waals surface area contributed by atoms with Gasteiger partial charge in [-0.25, -0.2) is 4.98 Å². The molecule has 0 fully saturated rings. The minimum atomic E-state index is -0.0607. The molecule has 0 amide bonds. The molecule has 0 radical (unpaired) electrons. The number of aromatic nitrogens is 3. The standard InChI is InChI=1S/C13H11Cl2N3OS/c14-5-4-11-17-10-3-1-2-9(15)12(10)18(11)6-8-7-20-13(19)16-8/h1-3,7H,4-6H2,(H,16,19). The van der Waals surface area contributed by atoms with Gasteiger partial charge < -0.3 is 9.55 Å². The van der Waals surface area contributed by atoms with E-state index in [-0.39, 0.29) is 4.87 Å². The lowest BCUT2D eigenvalue weighted by Gasteiger charge is -2.07. The summed E-state index contributed by atoms with van der Waals surface area (Å²) in [6.45, 7) is 0.533. The summed E-state index contributed by atoms with van der Waals surface area (Å²) in [6, 6.07) is 5.63. The summed E-state index contributed by atoms with van der Waals surface area (Å²) in [5.41, 5.74) is 2.56. The van der Waals surface area contributed by atoms with Crippen LogP contribution in [0.1, 0.15) is 11.5 Å². The Morgan fingerprint density at radius 2 is 2.25 bits per heavy atom. The maximum atomic E-state index is 11.3. The molecule has 20 heavy (non-hydrogen) atoms. The zero-order valence-corrected chi connectivity index (χ0v) is 12.7. The molecule has 0 saturated carbocycles. The van der Waals surface area contributed by atoms with Crippen LogP contribution >= 0.6 is 34.5 Å². The van der Waals surface area contributed by atoms with Crippen molar-refractivity contribution >= 4 is 45.6 Å². The molecule has 0 bridgehead atoms. The van der Waals surface area contributed by atoms with Gasteiger partial charge in [0.05, 0.1) is 22.6 Å². The highest BCUT2D eigenvalue weighted by atomic mass is 35.5. The van der Waals surface area contributed by atoms with E-state index < -0.39 is 0 Å². The number of hydrogen-bond acceptors (Lipinski definition) is 3. The molecule has 3 rings (SSSR count). The van der Waals surface area contributed by atoms with Gasteiger partial charge in [-0.15, -0.1) is 11.6 Å². The number of nitrogens with zero attached hydrogens (tertiary/aromatic N) is 2. The fraction of sp³-hybridized carbons (Fsp3) is 0.231. The van der Waals surface area contributed by atoms with Gasteiger partial charge in [0.25, 0.3) is 0 Å². The van der Waals surface area contributed by atoms with Crippen LogP contribution in [-0.2, 0) is 13.0 Å². The predicted molar refractivity (Wildman–Crippen MR) is 83.2 cm³/mol. The number of fused-ring (bicyclic) bond motifs is 1. The molecular weight excluding hydrogens is 317 g/mol.